The number of carbonyl (C=O) groups excluding carboxylic acids is 2. The van der Waals surface area contributed by atoms with Crippen molar-refractivity contribution >= 4 is 67.8 Å². The van der Waals surface area contributed by atoms with Gasteiger partial charge in [-0.3, -0.25) is 9.69 Å². The smallest absolute Gasteiger partial charge is 0.266 e. The lowest BCUT2D eigenvalue weighted by molar-refractivity contribution is -0.305. The SMILES string of the molecule is O=C([O-])CCN1C(=O)/C(=C\c2ccc(-c3nc4ccccc4s3)o2)SC1=S. The molecular weight excluding hydrogens is 404 g/mol. The number of thiocarbonyl (C=S) groups is 1. The quantitative estimate of drug-likeness (QED) is 0.468. The first-order valence-electron chi connectivity index (χ1n) is 7.92. The van der Waals surface area contributed by atoms with Crippen molar-refractivity contribution < 1.29 is 19.1 Å². The maximum atomic E-state index is 12.4. The highest BCUT2D eigenvalue weighted by Gasteiger charge is 2.31. The maximum Gasteiger partial charge on any atom is 0.266 e. The van der Waals surface area contributed by atoms with Crippen LogP contribution in [0.25, 0.3) is 27.1 Å². The Hall–Kier alpha value is -2.49. The highest BCUT2D eigenvalue weighted by molar-refractivity contribution is 8.26. The zero-order valence-electron chi connectivity index (χ0n) is 13.7. The Kier molecular flexibility index (Phi) is 4.81. The topological polar surface area (TPSA) is 86.5 Å². The number of aliphatic carboxylic acids is 1. The molecule has 1 aliphatic rings. The molecule has 1 amide bonds. The summed E-state index contributed by atoms with van der Waals surface area (Å²) in [5, 5.41) is 11.4. The van der Waals surface area contributed by atoms with Crippen LogP contribution >= 0.6 is 35.3 Å². The number of rotatable bonds is 5. The zero-order valence-corrected chi connectivity index (χ0v) is 16.2. The van der Waals surface area contributed by atoms with E-state index in [4.69, 9.17) is 16.6 Å². The van der Waals surface area contributed by atoms with Gasteiger partial charge in [-0.15, -0.1) is 11.3 Å². The fraction of sp³-hybridized carbons (Fsp3) is 0.111. The molecule has 6 nitrogen and oxygen atoms in total. The maximum absolute atomic E-state index is 12.4. The second-order valence-corrected chi connectivity index (χ2v) is 8.35. The molecule has 1 fully saturated rings. The van der Waals surface area contributed by atoms with Gasteiger partial charge in [0.1, 0.15) is 10.1 Å². The highest BCUT2D eigenvalue weighted by Crippen LogP contribution is 2.35. The number of carboxylic acids is 1. The molecule has 4 rings (SSSR count). The molecule has 1 aromatic carbocycles. The van der Waals surface area contributed by atoms with Crippen molar-refractivity contribution in [2.75, 3.05) is 6.54 Å². The van der Waals surface area contributed by atoms with Crippen molar-refractivity contribution in [3.63, 3.8) is 0 Å². The van der Waals surface area contributed by atoms with Crippen molar-refractivity contribution in [1.82, 2.24) is 9.88 Å². The van der Waals surface area contributed by atoms with Crippen LogP contribution in [0.1, 0.15) is 12.2 Å². The summed E-state index contributed by atoms with van der Waals surface area (Å²) in [5.74, 6) is -0.428. The number of thioether (sulfide) groups is 1. The largest absolute Gasteiger partial charge is 0.550 e. The first-order chi connectivity index (χ1) is 13.0. The third-order valence-corrected chi connectivity index (χ3v) is 6.25. The summed E-state index contributed by atoms with van der Waals surface area (Å²) in [7, 11) is 0. The van der Waals surface area contributed by atoms with Crippen LogP contribution < -0.4 is 5.11 Å². The number of hydrogen-bond donors (Lipinski definition) is 0. The zero-order chi connectivity index (χ0) is 19.0. The number of furan rings is 1. The van der Waals surface area contributed by atoms with Crippen molar-refractivity contribution in [1.29, 1.82) is 0 Å². The minimum atomic E-state index is -1.22. The van der Waals surface area contributed by atoms with Gasteiger partial charge in [0.05, 0.1) is 15.1 Å². The number of carbonyl (C=O) groups is 2. The number of aromatic nitrogens is 1. The molecule has 0 spiro atoms. The van der Waals surface area contributed by atoms with Gasteiger partial charge >= 0.3 is 0 Å². The lowest BCUT2D eigenvalue weighted by Gasteiger charge is -2.14. The number of amides is 1. The predicted octanol–water partition coefficient (Wildman–Crippen LogP) is 2.90. The molecule has 0 unspecified atom stereocenters. The average molecular weight is 415 g/mol. The summed E-state index contributed by atoms with van der Waals surface area (Å²) < 4.78 is 7.21. The van der Waals surface area contributed by atoms with Gasteiger partial charge in [0.2, 0.25) is 0 Å². The molecule has 136 valence electrons. The van der Waals surface area contributed by atoms with Gasteiger partial charge in [-0.25, -0.2) is 4.98 Å². The van der Waals surface area contributed by atoms with E-state index in [9.17, 15) is 14.7 Å². The molecule has 0 bridgehead atoms. The fourth-order valence-electron chi connectivity index (χ4n) is 2.55. The molecule has 3 aromatic rings. The number of benzene rings is 1. The van der Waals surface area contributed by atoms with Crippen LogP contribution in [0, 0.1) is 0 Å². The first kappa shape index (κ1) is 17.9. The van der Waals surface area contributed by atoms with Crippen LogP contribution in [0.3, 0.4) is 0 Å². The second kappa shape index (κ2) is 7.26. The third-order valence-electron chi connectivity index (χ3n) is 3.82. The molecule has 9 heteroatoms. The van der Waals surface area contributed by atoms with Crippen LogP contribution in [0.4, 0.5) is 0 Å². The van der Waals surface area contributed by atoms with E-state index >= 15 is 0 Å². The van der Waals surface area contributed by atoms with Crippen LogP contribution in [0.5, 0.6) is 0 Å². The lowest BCUT2D eigenvalue weighted by atomic mass is 10.3. The molecular formula is C18H11N2O4S3-. The van der Waals surface area contributed by atoms with Gasteiger partial charge in [0, 0.05) is 25.0 Å². The standard InChI is InChI=1S/C18H12N2O4S3/c21-15(22)7-8-20-17(23)14(27-18(20)25)9-10-5-6-12(24-10)16-19-11-3-1-2-4-13(11)26-16/h1-6,9H,7-8H2,(H,21,22)/p-1/b14-9+. The van der Waals surface area contributed by atoms with E-state index in [0.717, 1.165) is 27.0 Å². The number of fused-ring (bicyclic) bond motifs is 1. The van der Waals surface area contributed by atoms with Crippen molar-refractivity contribution in [3.8, 4) is 10.8 Å². The third kappa shape index (κ3) is 3.66. The van der Waals surface area contributed by atoms with Crippen LogP contribution in [0.2, 0.25) is 0 Å². The molecule has 0 aliphatic carbocycles. The minimum Gasteiger partial charge on any atom is -0.550 e. The molecule has 1 saturated heterocycles. The van der Waals surface area contributed by atoms with Crippen molar-refractivity contribution in [2.45, 2.75) is 6.42 Å². The number of para-hydroxylation sites is 1. The monoisotopic (exact) mass is 415 g/mol. The summed E-state index contributed by atoms with van der Waals surface area (Å²) in [4.78, 5) is 29.2. The molecule has 27 heavy (non-hydrogen) atoms. The van der Waals surface area contributed by atoms with Crippen molar-refractivity contribution in [3.05, 3.63) is 47.1 Å². The predicted molar refractivity (Wildman–Crippen MR) is 107 cm³/mol. The van der Waals surface area contributed by atoms with Gasteiger partial charge in [-0.05, 0) is 24.3 Å². The van der Waals surface area contributed by atoms with Gasteiger partial charge in [-0.1, -0.05) is 36.1 Å². The molecule has 2 aromatic heterocycles. The number of carboxylic acid groups (broad SMARTS) is 1. The van der Waals surface area contributed by atoms with E-state index in [1.807, 2.05) is 24.3 Å². The Bertz CT molecular complexity index is 1070. The molecule has 3 heterocycles. The van der Waals surface area contributed by atoms with Gasteiger partial charge in [0.15, 0.2) is 10.8 Å². The summed E-state index contributed by atoms with van der Waals surface area (Å²) in [5.41, 5.74) is 0.907. The summed E-state index contributed by atoms with van der Waals surface area (Å²) in [6.45, 7) is -0.000546. The average Bonchev–Trinajstić information content (AvgIpc) is 3.32. The molecule has 0 atom stereocenters. The second-order valence-electron chi connectivity index (χ2n) is 5.64. The van der Waals surface area contributed by atoms with E-state index in [1.54, 1.807) is 18.2 Å². The normalized spacial score (nSPS) is 16.0. The summed E-state index contributed by atoms with van der Waals surface area (Å²) in [6.07, 6.45) is 1.34. The summed E-state index contributed by atoms with van der Waals surface area (Å²) >= 11 is 7.80. The van der Waals surface area contributed by atoms with Crippen LogP contribution in [-0.2, 0) is 9.59 Å². The first-order valence-corrected chi connectivity index (χ1v) is 9.96. The van der Waals surface area contributed by atoms with E-state index in [2.05, 4.69) is 4.98 Å². The van der Waals surface area contributed by atoms with Gasteiger partial charge < -0.3 is 14.3 Å². The Morgan fingerprint density at radius 3 is 2.89 bits per heavy atom. The van der Waals surface area contributed by atoms with Gasteiger partial charge in [0.25, 0.3) is 5.91 Å². The lowest BCUT2D eigenvalue weighted by Crippen LogP contribution is -2.33. The van der Waals surface area contributed by atoms with Crippen LogP contribution in [-0.4, -0.2) is 32.6 Å². The van der Waals surface area contributed by atoms with E-state index in [-0.39, 0.29) is 18.9 Å². The molecule has 0 saturated carbocycles. The van der Waals surface area contributed by atoms with E-state index in [1.165, 1.54) is 16.2 Å². The van der Waals surface area contributed by atoms with E-state index < -0.39 is 5.97 Å². The van der Waals surface area contributed by atoms with Gasteiger partial charge in [-0.2, -0.15) is 0 Å². The minimum absolute atomic E-state index is 0.000546. The molecule has 0 radical (unpaired) electrons. The highest BCUT2D eigenvalue weighted by atomic mass is 32.2. The Morgan fingerprint density at radius 1 is 1.30 bits per heavy atom. The van der Waals surface area contributed by atoms with E-state index in [0.29, 0.717) is 20.7 Å². The Labute approximate surface area is 167 Å². The summed E-state index contributed by atoms with van der Waals surface area (Å²) in [6, 6.07) is 11.4. The fourth-order valence-corrected chi connectivity index (χ4v) is 4.76. The number of thiazole rings is 1. The number of nitrogens with zero attached hydrogens (tertiary/aromatic N) is 2. The molecule has 1 aliphatic heterocycles. The molecule has 0 N–H and O–H groups in total. The van der Waals surface area contributed by atoms with Crippen LogP contribution in [0.15, 0.2) is 45.7 Å². The Morgan fingerprint density at radius 2 is 2.11 bits per heavy atom. The Balaban J connectivity index is 1.55. The number of hydrogen-bond acceptors (Lipinski definition) is 8. The van der Waals surface area contributed by atoms with Crippen molar-refractivity contribution in [2.24, 2.45) is 0 Å².